The number of hydrogen-bond acceptors (Lipinski definition) is 6. The molecule has 0 radical (unpaired) electrons. The lowest BCUT2D eigenvalue weighted by atomic mass is 10.2. The molecule has 1 saturated heterocycles. The van der Waals surface area contributed by atoms with E-state index in [9.17, 15) is 19.8 Å². The van der Waals surface area contributed by atoms with E-state index in [1.807, 2.05) is 0 Å². The average Bonchev–Trinajstić information content (AvgIpc) is 2.66. The van der Waals surface area contributed by atoms with E-state index in [4.69, 9.17) is 10.8 Å². The molecule has 1 fully saturated rings. The van der Waals surface area contributed by atoms with Crippen molar-refractivity contribution in [1.82, 2.24) is 10.2 Å². The van der Waals surface area contributed by atoms with Crippen LogP contribution in [0.1, 0.15) is 5.56 Å². The minimum Gasteiger partial charge on any atom is -0.508 e. The minimum absolute atomic E-state index is 0.0230. The third kappa shape index (κ3) is 2.96. The molecule has 0 spiro atoms. The third-order valence-corrected chi connectivity index (χ3v) is 3.04. The number of carbonyl (C=O) groups excluding carboxylic acids is 1. The van der Waals surface area contributed by atoms with Gasteiger partial charge in [0.15, 0.2) is 0 Å². The molecule has 1 amide bonds. The molecule has 0 saturated carbocycles. The number of nitrogens with two attached hydrogens (primary N) is 1. The van der Waals surface area contributed by atoms with E-state index in [0.29, 0.717) is 5.56 Å². The molecule has 0 bridgehead atoms. The second-order valence-corrected chi connectivity index (χ2v) is 4.58. The van der Waals surface area contributed by atoms with E-state index in [1.165, 1.54) is 18.2 Å². The number of carbonyl (C=O) groups is 2. The van der Waals surface area contributed by atoms with Gasteiger partial charge in [-0.2, -0.15) is 0 Å². The Kier molecular flexibility index (Phi) is 3.83. The largest absolute Gasteiger partial charge is 0.508 e. The highest BCUT2D eigenvalue weighted by Crippen LogP contribution is 2.23. The predicted molar refractivity (Wildman–Crippen MR) is 72.6 cm³/mol. The molecule has 1 aromatic rings. The predicted octanol–water partition coefficient (Wildman–Crippen LogP) is -1.15. The van der Waals surface area contributed by atoms with Crippen molar-refractivity contribution in [2.45, 2.75) is 5.85 Å². The SMILES string of the molecule is NC[C@@]1(O)N/C(=C\c2ccc(O)cc2)C(=O)N1CC(=O)O. The third-order valence-electron chi connectivity index (χ3n) is 3.04. The Morgan fingerprint density at radius 1 is 1.38 bits per heavy atom. The summed E-state index contributed by atoms with van der Waals surface area (Å²) in [6.07, 6.45) is 1.43. The van der Waals surface area contributed by atoms with Gasteiger partial charge in [-0.05, 0) is 23.8 Å². The van der Waals surface area contributed by atoms with Crippen molar-refractivity contribution in [3.8, 4) is 5.75 Å². The number of carboxylic acid groups (broad SMARTS) is 1. The number of benzene rings is 1. The van der Waals surface area contributed by atoms with Crippen LogP contribution in [0.2, 0.25) is 0 Å². The van der Waals surface area contributed by atoms with Crippen molar-refractivity contribution in [2.24, 2.45) is 5.73 Å². The van der Waals surface area contributed by atoms with Gasteiger partial charge in [-0.1, -0.05) is 12.1 Å². The van der Waals surface area contributed by atoms with Gasteiger partial charge in [0.1, 0.15) is 18.0 Å². The molecule has 8 nitrogen and oxygen atoms in total. The molecule has 1 aliphatic rings. The molecule has 112 valence electrons. The first-order valence-corrected chi connectivity index (χ1v) is 6.11. The van der Waals surface area contributed by atoms with Crippen LogP contribution in [-0.2, 0) is 9.59 Å². The zero-order chi connectivity index (χ0) is 15.6. The Morgan fingerprint density at radius 3 is 2.52 bits per heavy atom. The molecular weight excluding hydrogens is 278 g/mol. The topological polar surface area (TPSA) is 136 Å². The Morgan fingerprint density at radius 2 is 2.00 bits per heavy atom. The van der Waals surface area contributed by atoms with Crippen molar-refractivity contribution >= 4 is 18.0 Å². The van der Waals surface area contributed by atoms with Crippen LogP contribution in [0.4, 0.5) is 0 Å². The number of phenols is 1. The highest BCUT2D eigenvalue weighted by atomic mass is 16.4. The van der Waals surface area contributed by atoms with Crippen LogP contribution in [0.5, 0.6) is 5.75 Å². The van der Waals surface area contributed by atoms with E-state index in [0.717, 1.165) is 4.90 Å². The summed E-state index contributed by atoms with van der Waals surface area (Å²) in [6, 6.07) is 6.02. The van der Waals surface area contributed by atoms with Gasteiger partial charge < -0.3 is 26.4 Å². The Hall–Kier alpha value is -2.58. The first-order valence-electron chi connectivity index (χ1n) is 6.11. The quantitative estimate of drug-likeness (QED) is 0.442. The number of aliphatic hydroxyl groups is 1. The second-order valence-electron chi connectivity index (χ2n) is 4.58. The molecule has 0 unspecified atom stereocenters. The van der Waals surface area contributed by atoms with Gasteiger partial charge in [0.05, 0.1) is 6.54 Å². The summed E-state index contributed by atoms with van der Waals surface area (Å²) in [5, 5.41) is 30.7. The number of rotatable bonds is 4. The van der Waals surface area contributed by atoms with Gasteiger partial charge >= 0.3 is 5.97 Å². The summed E-state index contributed by atoms with van der Waals surface area (Å²) >= 11 is 0. The Labute approximate surface area is 120 Å². The summed E-state index contributed by atoms with van der Waals surface area (Å²) in [4.78, 5) is 23.7. The highest BCUT2D eigenvalue weighted by molar-refractivity contribution is 6.01. The average molecular weight is 293 g/mol. The van der Waals surface area contributed by atoms with Gasteiger partial charge in [-0.15, -0.1) is 0 Å². The monoisotopic (exact) mass is 293 g/mol. The fourth-order valence-electron chi connectivity index (χ4n) is 1.98. The number of aromatic hydroxyl groups is 1. The molecule has 1 atom stereocenters. The van der Waals surface area contributed by atoms with Crippen molar-refractivity contribution in [2.75, 3.05) is 13.1 Å². The van der Waals surface area contributed by atoms with Crippen molar-refractivity contribution in [3.63, 3.8) is 0 Å². The van der Waals surface area contributed by atoms with Crippen LogP contribution < -0.4 is 11.1 Å². The fraction of sp³-hybridized carbons (Fsp3) is 0.231. The summed E-state index contributed by atoms with van der Waals surface area (Å²) in [5.74, 6) is -3.78. The number of carboxylic acids is 1. The molecule has 0 aliphatic carbocycles. The number of nitrogens with zero attached hydrogens (tertiary/aromatic N) is 1. The Bertz CT molecular complexity index is 598. The smallest absolute Gasteiger partial charge is 0.323 e. The van der Waals surface area contributed by atoms with Gasteiger partial charge in [0.2, 0.25) is 5.85 Å². The summed E-state index contributed by atoms with van der Waals surface area (Å²) < 4.78 is 0. The maximum atomic E-state index is 12.2. The first-order chi connectivity index (χ1) is 9.85. The lowest BCUT2D eigenvalue weighted by Crippen LogP contribution is -2.58. The van der Waals surface area contributed by atoms with Crippen LogP contribution in [0, 0.1) is 0 Å². The molecule has 21 heavy (non-hydrogen) atoms. The van der Waals surface area contributed by atoms with Crippen molar-refractivity contribution in [3.05, 3.63) is 35.5 Å². The number of aliphatic carboxylic acids is 1. The molecular formula is C13H15N3O5. The van der Waals surface area contributed by atoms with Gasteiger partial charge in [-0.3, -0.25) is 14.5 Å². The minimum atomic E-state index is -1.93. The summed E-state index contributed by atoms with van der Waals surface area (Å²) in [7, 11) is 0. The standard InChI is InChI=1S/C13H15N3O5/c14-7-13(21)15-10(12(20)16(13)6-11(18)19)5-8-1-3-9(17)4-2-8/h1-5,15,17,21H,6-7,14H2,(H,18,19)/b10-5-/t13-/m1/s1. The Balaban J connectivity index is 2.32. The molecule has 8 heteroatoms. The van der Waals surface area contributed by atoms with E-state index in [1.54, 1.807) is 12.1 Å². The van der Waals surface area contributed by atoms with E-state index >= 15 is 0 Å². The number of hydrogen-bond donors (Lipinski definition) is 5. The molecule has 2 rings (SSSR count). The zero-order valence-electron chi connectivity index (χ0n) is 11.0. The molecule has 6 N–H and O–H groups in total. The van der Waals surface area contributed by atoms with Gasteiger partial charge in [-0.25, -0.2) is 0 Å². The maximum absolute atomic E-state index is 12.2. The number of amides is 1. The van der Waals surface area contributed by atoms with Crippen LogP contribution >= 0.6 is 0 Å². The van der Waals surface area contributed by atoms with E-state index in [-0.39, 0.29) is 18.0 Å². The van der Waals surface area contributed by atoms with Crippen molar-refractivity contribution in [1.29, 1.82) is 0 Å². The van der Waals surface area contributed by atoms with Crippen LogP contribution in [-0.4, -0.2) is 51.0 Å². The lowest BCUT2D eigenvalue weighted by molar-refractivity contribution is -0.158. The number of phenolic OH excluding ortho intramolecular Hbond substituents is 1. The summed E-state index contributed by atoms with van der Waals surface area (Å²) in [5.41, 5.74) is 6.03. The second kappa shape index (κ2) is 5.43. The molecule has 1 aromatic carbocycles. The van der Waals surface area contributed by atoms with Crippen LogP contribution in [0.25, 0.3) is 6.08 Å². The van der Waals surface area contributed by atoms with Crippen LogP contribution in [0.15, 0.2) is 30.0 Å². The molecule has 1 aliphatic heterocycles. The molecule has 1 heterocycles. The van der Waals surface area contributed by atoms with Crippen molar-refractivity contribution < 1.29 is 24.9 Å². The van der Waals surface area contributed by atoms with Gasteiger partial charge in [0.25, 0.3) is 5.91 Å². The van der Waals surface area contributed by atoms with Crippen LogP contribution in [0.3, 0.4) is 0 Å². The van der Waals surface area contributed by atoms with E-state index < -0.39 is 24.3 Å². The normalized spacial score (nSPS) is 23.4. The first kappa shape index (κ1) is 14.8. The number of nitrogens with one attached hydrogen (secondary N) is 1. The maximum Gasteiger partial charge on any atom is 0.323 e. The highest BCUT2D eigenvalue weighted by Gasteiger charge is 2.46. The molecule has 0 aromatic heterocycles. The zero-order valence-corrected chi connectivity index (χ0v) is 11.0. The van der Waals surface area contributed by atoms with Gasteiger partial charge in [0, 0.05) is 0 Å². The lowest BCUT2D eigenvalue weighted by Gasteiger charge is -2.29. The summed E-state index contributed by atoms with van der Waals surface area (Å²) in [6.45, 7) is -1.04. The van der Waals surface area contributed by atoms with E-state index in [2.05, 4.69) is 5.32 Å². The fourth-order valence-corrected chi connectivity index (χ4v) is 1.98.